The third-order valence-electron chi connectivity index (χ3n) is 5.68. The maximum absolute atomic E-state index is 5.27. The number of hydrogen-bond donors (Lipinski definition) is 1. The minimum Gasteiger partial charge on any atom is -0.353 e. The molecule has 0 saturated heterocycles. The number of nitrogens with one attached hydrogen (secondary N) is 1. The number of nitrogens with zero attached hydrogens (tertiary/aromatic N) is 2. The van der Waals surface area contributed by atoms with Crippen LogP contribution in [0.15, 0.2) is 4.99 Å². The largest absolute Gasteiger partial charge is 0.353 e. The Bertz CT molecular complexity index is 333. The summed E-state index contributed by atoms with van der Waals surface area (Å²) in [6, 6.07) is 1.22. The molecule has 1 N–H and O–H groups in total. The van der Waals surface area contributed by atoms with Crippen LogP contribution in [0.5, 0.6) is 0 Å². The van der Waals surface area contributed by atoms with Crippen molar-refractivity contribution in [3.63, 3.8) is 0 Å². The average Bonchev–Trinajstić information content (AvgIpc) is 2.63. The molecule has 2 rings (SSSR count). The van der Waals surface area contributed by atoms with E-state index in [4.69, 9.17) is 4.99 Å². The first-order valence-corrected chi connectivity index (χ1v) is 10.9. The Morgan fingerprint density at radius 2 is 1.38 bits per heavy atom. The molecule has 0 radical (unpaired) electrons. The van der Waals surface area contributed by atoms with E-state index in [0.717, 1.165) is 0 Å². The van der Waals surface area contributed by atoms with Gasteiger partial charge in [0.25, 0.3) is 0 Å². The van der Waals surface area contributed by atoms with Gasteiger partial charge in [0.05, 0.1) is 6.04 Å². The van der Waals surface area contributed by atoms with Gasteiger partial charge in [0.15, 0.2) is 5.96 Å². The van der Waals surface area contributed by atoms with Gasteiger partial charge >= 0.3 is 0 Å². The Morgan fingerprint density at radius 1 is 0.833 bits per heavy atom. The normalized spacial score (nSPS) is 21.0. The Balaban J connectivity index is 2.05. The van der Waals surface area contributed by atoms with Crippen LogP contribution in [0.2, 0.25) is 0 Å². The average molecular weight is 336 g/mol. The molecule has 0 aromatic rings. The fraction of sp³-hybridized carbons (Fsp3) is 0.952. The molecule has 2 fully saturated rings. The van der Waals surface area contributed by atoms with Crippen molar-refractivity contribution in [1.29, 1.82) is 0 Å². The molecule has 0 spiro atoms. The molecule has 0 aromatic carbocycles. The molecule has 0 atom stereocenters. The minimum absolute atomic E-state index is 0.565. The summed E-state index contributed by atoms with van der Waals surface area (Å²) < 4.78 is 0. The van der Waals surface area contributed by atoms with Crippen LogP contribution in [0.4, 0.5) is 0 Å². The van der Waals surface area contributed by atoms with Gasteiger partial charge in [-0.2, -0.15) is 0 Å². The highest BCUT2D eigenvalue weighted by molar-refractivity contribution is 5.80. The van der Waals surface area contributed by atoms with Gasteiger partial charge in [-0.15, -0.1) is 0 Å². The standard InChI is InChI=1S/C21H41N3/c1-3-5-17-24(18-6-4-2)21(22-19-13-9-7-10-14-19)23-20-15-11-8-12-16-20/h19-20H,3-18H2,1-2H3,(H,22,23). The fourth-order valence-electron chi connectivity index (χ4n) is 4.04. The highest BCUT2D eigenvalue weighted by Crippen LogP contribution is 2.22. The Kier molecular flexibility index (Phi) is 9.60. The van der Waals surface area contributed by atoms with Crippen molar-refractivity contribution in [3.05, 3.63) is 0 Å². The van der Waals surface area contributed by atoms with E-state index in [1.807, 2.05) is 0 Å². The van der Waals surface area contributed by atoms with Crippen LogP contribution in [0.3, 0.4) is 0 Å². The van der Waals surface area contributed by atoms with E-state index in [2.05, 4.69) is 24.1 Å². The quantitative estimate of drug-likeness (QED) is 0.468. The molecule has 2 saturated carbocycles. The Labute approximate surface area is 150 Å². The molecule has 0 aromatic heterocycles. The van der Waals surface area contributed by atoms with Crippen molar-refractivity contribution < 1.29 is 0 Å². The van der Waals surface area contributed by atoms with E-state index in [1.165, 1.54) is 109 Å². The summed E-state index contributed by atoms with van der Waals surface area (Å²) in [5, 5.41) is 3.90. The minimum atomic E-state index is 0.565. The molecule has 0 bridgehead atoms. The molecule has 140 valence electrons. The first kappa shape index (κ1) is 19.6. The fourth-order valence-corrected chi connectivity index (χ4v) is 4.04. The summed E-state index contributed by atoms with van der Waals surface area (Å²) in [7, 11) is 0. The molecule has 24 heavy (non-hydrogen) atoms. The van der Waals surface area contributed by atoms with Crippen molar-refractivity contribution in [2.45, 2.75) is 116 Å². The second-order valence-corrected chi connectivity index (χ2v) is 7.92. The van der Waals surface area contributed by atoms with Crippen molar-refractivity contribution in [1.82, 2.24) is 10.2 Å². The molecular formula is C21H41N3. The van der Waals surface area contributed by atoms with Gasteiger partial charge in [-0.3, -0.25) is 0 Å². The van der Waals surface area contributed by atoms with E-state index in [0.29, 0.717) is 12.1 Å². The number of unbranched alkanes of at least 4 members (excludes halogenated alkanes) is 2. The molecule has 2 aliphatic rings. The SMILES string of the molecule is CCCCN(CCCC)/C(=N/C1CCCCC1)NC1CCCCC1. The zero-order valence-electron chi connectivity index (χ0n) is 16.4. The molecule has 0 aliphatic heterocycles. The van der Waals surface area contributed by atoms with Gasteiger partial charge in [-0.1, -0.05) is 65.2 Å². The van der Waals surface area contributed by atoms with Gasteiger partial charge in [0.2, 0.25) is 0 Å². The van der Waals surface area contributed by atoms with Crippen LogP contribution in [0, 0.1) is 0 Å². The van der Waals surface area contributed by atoms with E-state index in [1.54, 1.807) is 0 Å². The van der Waals surface area contributed by atoms with E-state index in [9.17, 15) is 0 Å². The van der Waals surface area contributed by atoms with Crippen LogP contribution in [0.1, 0.15) is 104 Å². The van der Waals surface area contributed by atoms with Crippen LogP contribution in [-0.2, 0) is 0 Å². The molecule has 0 heterocycles. The number of aliphatic imine (C=N–C) groups is 1. The first-order chi connectivity index (χ1) is 11.8. The summed E-state index contributed by atoms with van der Waals surface area (Å²) in [4.78, 5) is 7.85. The van der Waals surface area contributed by atoms with Gasteiger partial charge in [0.1, 0.15) is 0 Å². The summed E-state index contributed by atoms with van der Waals surface area (Å²) in [6.07, 6.45) is 18.7. The van der Waals surface area contributed by atoms with E-state index < -0.39 is 0 Å². The van der Waals surface area contributed by atoms with Crippen molar-refractivity contribution in [2.75, 3.05) is 13.1 Å². The molecule has 2 aliphatic carbocycles. The monoisotopic (exact) mass is 335 g/mol. The molecule has 0 amide bonds. The second kappa shape index (κ2) is 11.8. The molecule has 0 unspecified atom stereocenters. The van der Waals surface area contributed by atoms with Gasteiger partial charge in [0, 0.05) is 19.1 Å². The molecule has 3 nitrogen and oxygen atoms in total. The predicted molar refractivity (Wildman–Crippen MR) is 106 cm³/mol. The van der Waals surface area contributed by atoms with Gasteiger partial charge < -0.3 is 10.2 Å². The first-order valence-electron chi connectivity index (χ1n) is 10.9. The zero-order valence-corrected chi connectivity index (χ0v) is 16.4. The Morgan fingerprint density at radius 3 is 1.92 bits per heavy atom. The van der Waals surface area contributed by atoms with Gasteiger partial charge in [-0.05, 0) is 38.5 Å². The van der Waals surface area contributed by atoms with E-state index in [-0.39, 0.29) is 0 Å². The highest BCUT2D eigenvalue weighted by atomic mass is 15.3. The van der Waals surface area contributed by atoms with Crippen molar-refractivity contribution in [3.8, 4) is 0 Å². The lowest BCUT2D eigenvalue weighted by molar-refractivity contribution is 0.346. The lowest BCUT2D eigenvalue weighted by Gasteiger charge is -2.33. The van der Waals surface area contributed by atoms with Crippen LogP contribution >= 0.6 is 0 Å². The number of hydrogen-bond acceptors (Lipinski definition) is 1. The van der Waals surface area contributed by atoms with Crippen molar-refractivity contribution in [2.24, 2.45) is 4.99 Å². The maximum atomic E-state index is 5.27. The lowest BCUT2D eigenvalue weighted by Crippen LogP contribution is -2.48. The second-order valence-electron chi connectivity index (χ2n) is 7.92. The summed E-state index contributed by atoms with van der Waals surface area (Å²) in [5.74, 6) is 1.25. The summed E-state index contributed by atoms with van der Waals surface area (Å²) in [6.45, 7) is 6.93. The third-order valence-corrected chi connectivity index (χ3v) is 5.68. The smallest absolute Gasteiger partial charge is 0.194 e. The van der Waals surface area contributed by atoms with Gasteiger partial charge in [-0.25, -0.2) is 4.99 Å². The zero-order chi connectivity index (χ0) is 17.0. The third kappa shape index (κ3) is 7.03. The maximum Gasteiger partial charge on any atom is 0.194 e. The summed E-state index contributed by atoms with van der Waals surface area (Å²) >= 11 is 0. The van der Waals surface area contributed by atoms with Crippen molar-refractivity contribution >= 4 is 5.96 Å². The number of guanidine groups is 1. The lowest BCUT2D eigenvalue weighted by atomic mass is 9.95. The molecule has 3 heteroatoms. The van der Waals surface area contributed by atoms with Crippen LogP contribution in [0.25, 0.3) is 0 Å². The molecular weight excluding hydrogens is 294 g/mol. The van der Waals surface area contributed by atoms with Crippen LogP contribution in [-0.4, -0.2) is 36.0 Å². The Hall–Kier alpha value is -0.730. The van der Waals surface area contributed by atoms with Crippen LogP contribution < -0.4 is 5.32 Å². The number of rotatable bonds is 8. The topological polar surface area (TPSA) is 27.6 Å². The predicted octanol–water partition coefficient (Wildman–Crippen LogP) is 5.50. The summed E-state index contributed by atoms with van der Waals surface area (Å²) in [5.41, 5.74) is 0. The van der Waals surface area contributed by atoms with E-state index >= 15 is 0 Å². The highest BCUT2D eigenvalue weighted by Gasteiger charge is 2.20.